The summed E-state index contributed by atoms with van der Waals surface area (Å²) in [6.07, 6.45) is 0. The van der Waals surface area contributed by atoms with Gasteiger partial charge in [0.05, 0.1) is 0 Å². The van der Waals surface area contributed by atoms with Gasteiger partial charge in [-0.05, 0) is 239 Å². The fourth-order valence-corrected chi connectivity index (χ4v) is 20.2. The standard InChI is InChI=1S/C57H38O.C55H38/c1-57(2)50-27-14-26-40(55(50)48-31-29-35-15-3-4-19-41(35)56(48)57)36-16-13-17-38(33-36)53-44-22-7-9-24-46(44)54(47-25-10-8-23-45(47)53)43-21-6-5-18-39(43)37-30-32-52-49(34-37)42-20-11-12-28-51(42)58-52;1-55(2)50-31-15-29-40(53(50)49-33-32-36-17-4-6-22-41(36)54(49)55)37-19-13-20-38(34-37)51-45-25-9-11-27-47(45)52(48-28-12-10-26-46(48)51)44-24-8-7-23-43(44)42-30-14-18-35-16-3-5-21-39(35)42/h3-34H,1-2H3;3-34H,1-2H3. The van der Waals surface area contributed by atoms with Crippen LogP contribution in [0.15, 0.2) is 393 Å². The smallest absolute Gasteiger partial charge is 0.135 e. The number of rotatable bonds is 8. The molecule has 0 amide bonds. The van der Waals surface area contributed by atoms with E-state index in [0.717, 1.165) is 21.9 Å². The van der Waals surface area contributed by atoms with Crippen LogP contribution in [0.5, 0.6) is 0 Å². The van der Waals surface area contributed by atoms with E-state index in [9.17, 15) is 0 Å². The van der Waals surface area contributed by atoms with E-state index >= 15 is 0 Å². The lowest BCUT2D eigenvalue weighted by atomic mass is 9.80. The van der Waals surface area contributed by atoms with Gasteiger partial charge >= 0.3 is 0 Å². The predicted molar refractivity (Wildman–Crippen MR) is 481 cm³/mol. The average molecular weight is 1440 g/mol. The van der Waals surface area contributed by atoms with Gasteiger partial charge in [-0.15, -0.1) is 0 Å². The summed E-state index contributed by atoms with van der Waals surface area (Å²) in [4.78, 5) is 0. The quantitative estimate of drug-likeness (QED) is 0.138. The molecule has 0 saturated carbocycles. The van der Waals surface area contributed by atoms with Crippen molar-refractivity contribution in [3.63, 3.8) is 0 Å². The number of para-hydroxylation sites is 1. The normalized spacial score (nSPS) is 13.1. The molecule has 0 atom stereocenters. The Labute approximate surface area is 657 Å². The molecule has 0 aliphatic heterocycles. The molecule has 1 heterocycles. The first-order valence-corrected chi connectivity index (χ1v) is 39.6. The van der Waals surface area contributed by atoms with Crippen LogP contribution in [-0.4, -0.2) is 0 Å². The Kier molecular flexibility index (Phi) is 15.1. The zero-order valence-electron chi connectivity index (χ0n) is 63.4. The maximum atomic E-state index is 6.23. The second kappa shape index (κ2) is 25.8. The molecule has 1 aromatic heterocycles. The monoisotopic (exact) mass is 1440 g/mol. The summed E-state index contributed by atoms with van der Waals surface area (Å²) in [7, 11) is 0. The van der Waals surface area contributed by atoms with Gasteiger partial charge in [-0.2, -0.15) is 0 Å². The molecule has 21 aromatic rings. The predicted octanol–water partition coefficient (Wildman–Crippen LogP) is 31.3. The van der Waals surface area contributed by atoms with E-state index < -0.39 is 0 Å². The van der Waals surface area contributed by atoms with Crippen molar-refractivity contribution in [2.45, 2.75) is 38.5 Å². The Hall–Kier alpha value is -14.0. The highest BCUT2D eigenvalue weighted by molar-refractivity contribution is 6.25. The van der Waals surface area contributed by atoms with E-state index in [-0.39, 0.29) is 10.8 Å². The van der Waals surface area contributed by atoms with Gasteiger partial charge in [-0.3, -0.25) is 0 Å². The fourth-order valence-electron chi connectivity index (χ4n) is 20.2. The van der Waals surface area contributed by atoms with E-state index in [1.54, 1.807) is 0 Å². The van der Waals surface area contributed by atoms with Gasteiger partial charge in [0, 0.05) is 21.6 Å². The van der Waals surface area contributed by atoms with Crippen molar-refractivity contribution >= 4 is 97.3 Å². The average Bonchev–Trinajstić information content (AvgIpc) is 1.59. The Morgan fingerprint density at radius 2 is 0.487 bits per heavy atom. The number of hydrogen-bond donors (Lipinski definition) is 0. The van der Waals surface area contributed by atoms with Crippen LogP contribution in [0.4, 0.5) is 0 Å². The molecule has 0 spiro atoms. The van der Waals surface area contributed by atoms with Crippen LogP contribution >= 0.6 is 0 Å². The number of hydrogen-bond acceptors (Lipinski definition) is 1. The van der Waals surface area contributed by atoms with Crippen LogP contribution in [-0.2, 0) is 10.8 Å². The van der Waals surface area contributed by atoms with Crippen LogP contribution in [0.2, 0.25) is 0 Å². The highest BCUT2D eigenvalue weighted by Crippen LogP contribution is 2.58. The van der Waals surface area contributed by atoms with Crippen LogP contribution in [0.25, 0.3) is 209 Å². The second-order valence-corrected chi connectivity index (χ2v) is 31.9. The molecule has 0 saturated heterocycles. The first-order valence-electron chi connectivity index (χ1n) is 39.6. The molecule has 2 aliphatic rings. The second-order valence-electron chi connectivity index (χ2n) is 31.9. The van der Waals surface area contributed by atoms with Gasteiger partial charge in [-0.1, -0.05) is 386 Å². The molecule has 530 valence electrons. The largest absolute Gasteiger partial charge is 0.456 e. The summed E-state index contributed by atoms with van der Waals surface area (Å²) < 4.78 is 6.23. The minimum absolute atomic E-state index is 0.107. The van der Waals surface area contributed by atoms with Crippen molar-refractivity contribution in [1.29, 1.82) is 0 Å². The van der Waals surface area contributed by atoms with Crippen LogP contribution in [0.3, 0.4) is 0 Å². The molecule has 2 aliphatic carbocycles. The molecule has 20 aromatic carbocycles. The Morgan fingerprint density at radius 1 is 0.168 bits per heavy atom. The lowest BCUT2D eigenvalue weighted by Gasteiger charge is -2.23. The third kappa shape index (κ3) is 10.2. The maximum Gasteiger partial charge on any atom is 0.135 e. The van der Waals surface area contributed by atoms with Gasteiger partial charge < -0.3 is 4.42 Å². The fraction of sp³-hybridized carbons (Fsp3) is 0.0536. The number of fused-ring (bicyclic) bond motifs is 18. The summed E-state index contributed by atoms with van der Waals surface area (Å²) in [5.41, 5.74) is 32.6. The zero-order chi connectivity index (χ0) is 75.2. The van der Waals surface area contributed by atoms with Crippen molar-refractivity contribution in [3.05, 3.63) is 411 Å². The van der Waals surface area contributed by atoms with Gasteiger partial charge in [0.1, 0.15) is 11.2 Å². The van der Waals surface area contributed by atoms with Crippen LogP contribution < -0.4 is 0 Å². The lowest BCUT2D eigenvalue weighted by molar-refractivity contribution is 0.666. The molecule has 0 N–H and O–H groups in total. The molecule has 1 nitrogen and oxygen atoms in total. The van der Waals surface area contributed by atoms with Gasteiger partial charge in [0.25, 0.3) is 0 Å². The Balaban J connectivity index is 0.000000138. The molecule has 0 bridgehead atoms. The van der Waals surface area contributed by atoms with Crippen molar-refractivity contribution in [1.82, 2.24) is 0 Å². The minimum atomic E-state index is -0.115. The molecular weight excluding hydrogens is 1360 g/mol. The Morgan fingerprint density at radius 3 is 0.973 bits per heavy atom. The summed E-state index contributed by atoms with van der Waals surface area (Å²) in [6, 6.07) is 144. The summed E-state index contributed by atoms with van der Waals surface area (Å²) in [5.74, 6) is 0. The lowest BCUT2D eigenvalue weighted by Crippen LogP contribution is -2.15. The summed E-state index contributed by atoms with van der Waals surface area (Å²) >= 11 is 0. The topological polar surface area (TPSA) is 13.1 Å². The molecular formula is C112H76O. The molecule has 0 fully saturated rings. The van der Waals surface area contributed by atoms with Crippen LogP contribution in [0.1, 0.15) is 49.9 Å². The van der Waals surface area contributed by atoms with E-state index in [0.29, 0.717) is 0 Å². The van der Waals surface area contributed by atoms with Crippen molar-refractivity contribution in [2.24, 2.45) is 0 Å². The maximum absolute atomic E-state index is 6.23. The van der Waals surface area contributed by atoms with Crippen molar-refractivity contribution in [2.75, 3.05) is 0 Å². The summed E-state index contributed by atoms with van der Waals surface area (Å²) in [5, 5.41) is 20.1. The molecule has 0 unspecified atom stereocenters. The highest BCUT2D eigenvalue weighted by atomic mass is 16.3. The van der Waals surface area contributed by atoms with E-state index in [2.05, 4.69) is 404 Å². The van der Waals surface area contributed by atoms with Gasteiger partial charge in [-0.25, -0.2) is 0 Å². The van der Waals surface area contributed by atoms with Gasteiger partial charge in [0.2, 0.25) is 0 Å². The third-order valence-electron chi connectivity index (χ3n) is 25.1. The van der Waals surface area contributed by atoms with E-state index in [4.69, 9.17) is 4.42 Å². The van der Waals surface area contributed by atoms with Crippen molar-refractivity contribution in [3.8, 4) is 111 Å². The molecule has 1 heteroatoms. The number of furan rings is 1. The SMILES string of the molecule is CC1(C)c2cccc(-c3cccc(-c4c5ccccc5c(-c5ccccc5-c5ccc6oc7ccccc7c6c5)c5ccccc45)c3)c2-c2ccc3ccccc3c21.CC1(C)c2cccc(-c3cccc(-c4c5ccccc5c(-c5ccccc5-c5cccc6ccccc56)c5ccccc45)c3)c2-c2ccc3ccccc3c21. The van der Waals surface area contributed by atoms with E-state index in [1.807, 2.05) is 12.1 Å². The third-order valence-corrected chi connectivity index (χ3v) is 25.1. The van der Waals surface area contributed by atoms with Crippen LogP contribution in [0, 0.1) is 0 Å². The zero-order valence-corrected chi connectivity index (χ0v) is 63.4. The molecule has 23 rings (SSSR count). The van der Waals surface area contributed by atoms with Crippen molar-refractivity contribution < 1.29 is 4.42 Å². The molecule has 113 heavy (non-hydrogen) atoms. The molecule has 0 radical (unpaired) electrons. The Bertz CT molecular complexity index is 7440. The minimum Gasteiger partial charge on any atom is -0.456 e. The van der Waals surface area contributed by atoms with Gasteiger partial charge in [0.15, 0.2) is 0 Å². The highest BCUT2D eigenvalue weighted by Gasteiger charge is 2.40. The first kappa shape index (κ1) is 66.0. The number of benzene rings is 20. The van der Waals surface area contributed by atoms with E-state index in [1.165, 1.54) is 209 Å². The first-order chi connectivity index (χ1) is 55.6. The summed E-state index contributed by atoms with van der Waals surface area (Å²) in [6.45, 7) is 9.56.